The summed E-state index contributed by atoms with van der Waals surface area (Å²) in [6, 6.07) is 12.9. The highest BCUT2D eigenvalue weighted by atomic mass is 16.6. The number of carbonyl (C=O) groups excluding carboxylic acids is 3. The number of methoxy groups -OCH3 is 1. The molecule has 2 aliphatic heterocycles. The quantitative estimate of drug-likeness (QED) is 0.671. The highest BCUT2D eigenvalue weighted by Crippen LogP contribution is 2.28. The first-order valence-electron chi connectivity index (χ1n) is 11.5. The van der Waals surface area contributed by atoms with Crippen LogP contribution in [0.4, 0.5) is 15.3 Å². The normalized spacial score (nSPS) is 16.4. The Morgan fingerprint density at radius 2 is 1.71 bits per heavy atom. The van der Waals surface area contributed by atoms with E-state index in [1.54, 1.807) is 16.9 Å². The van der Waals surface area contributed by atoms with Gasteiger partial charge in [0.15, 0.2) is 0 Å². The first kappa shape index (κ1) is 23.6. The maximum absolute atomic E-state index is 13.3. The van der Waals surface area contributed by atoms with Crippen LogP contribution in [0.5, 0.6) is 5.75 Å². The van der Waals surface area contributed by atoms with Gasteiger partial charge in [-0.15, -0.1) is 0 Å². The summed E-state index contributed by atoms with van der Waals surface area (Å²) in [6.07, 6.45) is 0.641. The maximum Gasteiger partial charge on any atom is 0.410 e. The number of imide groups is 1. The number of hydrogen-bond acceptors (Lipinski definition) is 5. The van der Waals surface area contributed by atoms with Crippen molar-refractivity contribution in [1.29, 1.82) is 0 Å². The number of hydrogen-bond donors (Lipinski definition) is 0. The fourth-order valence-electron chi connectivity index (χ4n) is 4.19. The molecule has 0 aromatic heterocycles. The van der Waals surface area contributed by atoms with Crippen LogP contribution in [0.25, 0.3) is 0 Å². The molecule has 8 nitrogen and oxygen atoms in total. The molecule has 0 bridgehead atoms. The van der Waals surface area contributed by atoms with Gasteiger partial charge in [-0.05, 0) is 68.1 Å². The molecule has 180 valence electrons. The van der Waals surface area contributed by atoms with Crippen molar-refractivity contribution in [3.05, 3.63) is 59.2 Å². The zero-order valence-electron chi connectivity index (χ0n) is 20.2. The molecule has 4 amide bonds. The van der Waals surface area contributed by atoms with Crippen molar-refractivity contribution in [3.8, 4) is 5.75 Å². The fourth-order valence-corrected chi connectivity index (χ4v) is 4.19. The molecular weight excluding hydrogens is 434 g/mol. The molecule has 2 aliphatic rings. The summed E-state index contributed by atoms with van der Waals surface area (Å²) < 4.78 is 10.7. The molecule has 1 fully saturated rings. The van der Waals surface area contributed by atoms with Gasteiger partial charge in [0, 0.05) is 31.7 Å². The molecule has 1 saturated heterocycles. The lowest BCUT2D eigenvalue weighted by atomic mass is 9.99. The minimum atomic E-state index is -0.556. The van der Waals surface area contributed by atoms with Gasteiger partial charge >= 0.3 is 12.1 Å². The molecule has 0 unspecified atom stereocenters. The highest BCUT2D eigenvalue weighted by molar-refractivity contribution is 6.05. The molecule has 2 heterocycles. The van der Waals surface area contributed by atoms with Gasteiger partial charge in [-0.2, -0.15) is 0 Å². The van der Waals surface area contributed by atoms with E-state index in [0.717, 1.165) is 34.5 Å². The summed E-state index contributed by atoms with van der Waals surface area (Å²) in [6.45, 7) is 7.09. The van der Waals surface area contributed by atoms with Gasteiger partial charge in [-0.1, -0.05) is 18.2 Å². The lowest BCUT2D eigenvalue weighted by molar-refractivity contribution is -0.129. The largest absolute Gasteiger partial charge is 0.497 e. The Morgan fingerprint density at radius 1 is 0.971 bits per heavy atom. The summed E-state index contributed by atoms with van der Waals surface area (Å²) in [7, 11) is 1.59. The van der Waals surface area contributed by atoms with Gasteiger partial charge in [-0.3, -0.25) is 14.6 Å². The molecule has 8 heteroatoms. The summed E-state index contributed by atoms with van der Waals surface area (Å²) in [5, 5.41) is 0. The van der Waals surface area contributed by atoms with Gasteiger partial charge in [0.25, 0.3) is 0 Å². The number of amides is 4. The van der Waals surface area contributed by atoms with Gasteiger partial charge in [0.2, 0.25) is 5.91 Å². The first-order chi connectivity index (χ1) is 16.1. The van der Waals surface area contributed by atoms with E-state index in [-0.39, 0.29) is 31.0 Å². The van der Waals surface area contributed by atoms with Crippen molar-refractivity contribution in [3.63, 3.8) is 0 Å². The number of benzene rings is 2. The monoisotopic (exact) mass is 465 g/mol. The second-order valence-corrected chi connectivity index (χ2v) is 9.62. The minimum absolute atomic E-state index is 0.189. The van der Waals surface area contributed by atoms with Gasteiger partial charge in [0.1, 0.15) is 11.4 Å². The maximum atomic E-state index is 13.3. The Morgan fingerprint density at radius 3 is 2.38 bits per heavy atom. The van der Waals surface area contributed by atoms with E-state index in [1.807, 2.05) is 63.2 Å². The number of rotatable bonds is 4. The molecule has 0 radical (unpaired) electrons. The molecule has 4 rings (SSSR count). The molecule has 34 heavy (non-hydrogen) atoms. The lowest BCUT2D eigenvalue weighted by Gasteiger charge is -2.35. The summed E-state index contributed by atoms with van der Waals surface area (Å²) >= 11 is 0. The molecule has 0 spiro atoms. The van der Waals surface area contributed by atoms with Gasteiger partial charge in [0.05, 0.1) is 13.7 Å². The van der Waals surface area contributed by atoms with Crippen molar-refractivity contribution in [2.75, 3.05) is 25.1 Å². The number of urea groups is 1. The third-order valence-corrected chi connectivity index (χ3v) is 5.98. The van der Waals surface area contributed by atoms with E-state index >= 15 is 0 Å². The van der Waals surface area contributed by atoms with Crippen molar-refractivity contribution >= 4 is 23.7 Å². The average Bonchev–Trinajstić information content (AvgIpc) is 2.80. The first-order valence-corrected chi connectivity index (χ1v) is 11.5. The minimum Gasteiger partial charge on any atom is -0.497 e. The SMILES string of the molecule is COc1ccc(CN2C(=O)CCN(c3ccc4c(c3)CN(C(=O)OC(C)(C)C)CC4)C2=O)cc1. The number of anilines is 1. The van der Waals surface area contributed by atoms with E-state index in [2.05, 4.69) is 0 Å². The van der Waals surface area contributed by atoms with Crippen LogP contribution >= 0.6 is 0 Å². The summed E-state index contributed by atoms with van der Waals surface area (Å²) in [5.41, 5.74) is 3.16. The molecule has 0 N–H and O–H groups in total. The fraction of sp³-hybridized carbons (Fsp3) is 0.423. The second-order valence-electron chi connectivity index (χ2n) is 9.62. The average molecular weight is 466 g/mol. The van der Waals surface area contributed by atoms with E-state index in [0.29, 0.717) is 19.6 Å². The van der Waals surface area contributed by atoms with Gasteiger partial charge in [-0.25, -0.2) is 9.59 Å². The summed E-state index contributed by atoms with van der Waals surface area (Å²) in [5.74, 6) is 0.530. The Hall–Kier alpha value is -3.55. The molecular formula is C26H31N3O5. The third-order valence-electron chi connectivity index (χ3n) is 5.98. The highest BCUT2D eigenvalue weighted by Gasteiger charge is 2.34. The standard InChI is InChI=1S/C26H31N3O5/c1-26(2,3)34-25(32)27-13-11-19-7-8-21(15-20(19)17-27)28-14-12-23(30)29(24(28)31)16-18-5-9-22(33-4)10-6-18/h5-10,15H,11-14,16-17H2,1-4H3. The van der Waals surface area contributed by atoms with Crippen molar-refractivity contribution in [2.45, 2.75) is 52.3 Å². The predicted molar refractivity (Wildman–Crippen MR) is 128 cm³/mol. The Bertz CT molecular complexity index is 1090. The van der Waals surface area contributed by atoms with Crippen LogP contribution in [0, 0.1) is 0 Å². The van der Waals surface area contributed by atoms with Crippen molar-refractivity contribution in [1.82, 2.24) is 9.80 Å². The Kier molecular flexibility index (Phi) is 6.50. The Balaban J connectivity index is 1.50. The third kappa shape index (κ3) is 5.16. The number of carbonyl (C=O) groups is 3. The number of fused-ring (bicyclic) bond motifs is 1. The number of ether oxygens (including phenoxy) is 2. The lowest BCUT2D eigenvalue weighted by Crippen LogP contribution is -2.52. The summed E-state index contributed by atoms with van der Waals surface area (Å²) in [4.78, 5) is 43.0. The van der Waals surface area contributed by atoms with E-state index in [1.165, 1.54) is 4.90 Å². The van der Waals surface area contributed by atoms with Crippen LogP contribution < -0.4 is 9.64 Å². The van der Waals surface area contributed by atoms with E-state index in [4.69, 9.17) is 9.47 Å². The van der Waals surface area contributed by atoms with E-state index < -0.39 is 5.60 Å². The van der Waals surface area contributed by atoms with E-state index in [9.17, 15) is 14.4 Å². The van der Waals surface area contributed by atoms with Crippen LogP contribution in [-0.4, -0.2) is 53.6 Å². The van der Waals surface area contributed by atoms with Gasteiger partial charge < -0.3 is 14.4 Å². The van der Waals surface area contributed by atoms with Crippen LogP contribution in [-0.2, 0) is 29.0 Å². The molecule has 0 saturated carbocycles. The van der Waals surface area contributed by atoms with Crippen LogP contribution in [0.2, 0.25) is 0 Å². The van der Waals surface area contributed by atoms with Crippen molar-refractivity contribution < 1.29 is 23.9 Å². The van der Waals surface area contributed by atoms with Crippen LogP contribution in [0.1, 0.15) is 43.9 Å². The zero-order valence-corrected chi connectivity index (χ0v) is 20.2. The smallest absolute Gasteiger partial charge is 0.410 e. The zero-order chi connectivity index (χ0) is 24.5. The molecule has 0 aliphatic carbocycles. The Labute approximate surface area is 200 Å². The van der Waals surface area contributed by atoms with Crippen LogP contribution in [0.3, 0.4) is 0 Å². The second kappa shape index (κ2) is 9.37. The van der Waals surface area contributed by atoms with Crippen molar-refractivity contribution in [2.24, 2.45) is 0 Å². The molecule has 2 aromatic rings. The predicted octanol–water partition coefficient (Wildman–Crippen LogP) is 4.35. The number of nitrogens with zero attached hydrogens (tertiary/aromatic N) is 3. The molecule has 0 atom stereocenters. The topological polar surface area (TPSA) is 79.4 Å². The van der Waals surface area contributed by atoms with Crippen LogP contribution in [0.15, 0.2) is 42.5 Å². The molecule has 2 aromatic carbocycles.